The van der Waals surface area contributed by atoms with Crippen molar-refractivity contribution in [3.63, 3.8) is 0 Å². The number of hydrogen-bond donors (Lipinski definition) is 3. The Morgan fingerprint density at radius 1 is 1.26 bits per heavy atom. The molecule has 0 saturated heterocycles. The molecule has 2 atom stereocenters. The van der Waals surface area contributed by atoms with Gasteiger partial charge in [-0.25, -0.2) is 0 Å². The normalized spacial score (nSPS) is 13.5. The van der Waals surface area contributed by atoms with Gasteiger partial charge < -0.3 is 16.4 Å². The maximum Gasteiger partial charge on any atom is 0.228 e. The number of hydrogen-bond acceptors (Lipinski definition) is 3. The average molecular weight is 263 g/mol. The molecule has 0 bridgehead atoms. The minimum absolute atomic E-state index is 0.0954. The lowest BCUT2D eigenvalue weighted by Gasteiger charge is -2.17. The van der Waals surface area contributed by atoms with E-state index in [0.29, 0.717) is 5.69 Å². The van der Waals surface area contributed by atoms with Gasteiger partial charge in [0.25, 0.3) is 0 Å². The lowest BCUT2D eigenvalue weighted by Crippen LogP contribution is -2.34. The second-order valence-electron chi connectivity index (χ2n) is 4.64. The summed E-state index contributed by atoms with van der Waals surface area (Å²) in [5.41, 5.74) is 7.15. The molecule has 2 unspecified atom stereocenters. The van der Waals surface area contributed by atoms with Crippen LogP contribution in [-0.2, 0) is 16.0 Å². The van der Waals surface area contributed by atoms with Crippen LogP contribution in [0.4, 0.5) is 5.69 Å². The van der Waals surface area contributed by atoms with Gasteiger partial charge in [0.1, 0.15) is 0 Å². The monoisotopic (exact) mass is 263 g/mol. The number of anilines is 1. The Kier molecular flexibility index (Phi) is 5.51. The fraction of sp³-hybridized carbons (Fsp3) is 0.429. The zero-order valence-electron chi connectivity index (χ0n) is 11.6. The average Bonchev–Trinajstić information content (AvgIpc) is 2.39. The van der Waals surface area contributed by atoms with Gasteiger partial charge in [0.2, 0.25) is 11.8 Å². The van der Waals surface area contributed by atoms with E-state index in [9.17, 15) is 9.59 Å². The standard InChI is InChI=1S/C14H21N3O2/c1-9(10(2)15)14(19)17-12-7-5-4-6-11(12)8-13(18)16-3/h4-7,9-10H,8,15H2,1-3H3,(H,16,18)(H,17,19). The summed E-state index contributed by atoms with van der Waals surface area (Å²) in [6, 6.07) is 7.04. The Bertz CT molecular complexity index is 458. The number of likely N-dealkylation sites (N-methyl/N-ethyl adjacent to an activating group) is 1. The topological polar surface area (TPSA) is 84.2 Å². The lowest BCUT2D eigenvalue weighted by atomic mass is 10.0. The van der Waals surface area contributed by atoms with Gasteiger partial charge in [0, 0.05) is 18.8 Å². The maximum absolute atomic E-state index is 12.0. The fourth-order valence-corrected chi connectivity index (χ4v) is 1.54. The van der Waals surface area contributed by atoms with E-state index in [1.165, 1.54) is 0 Å². The molecule has 2 amide bonds. The molecule has 1 aromatic carbocycles. The van der Waals surface area contributed by atoms with Crippen molar-refractivity contribution in [2.75, 3.05) is 12.4 Å². The molecule has 0 aliphatic rings. The van der Waals surface area contributed by atoms with E-state index in [0.717, 1.165) is 5.56 Å². The highest BCUT2D eigenvalue weighted by Gasteiger charge is 2.18. The first-order chi connectivity index (χ1) is 8.95. The molecule has 104 valence electrons. The van der Waals surface area contributed by atoms with Crippen LogP contribution in [-0.4, -0.2) is 24.9 Å². The lowest BCUT2D eigenvalue weighted by molar-refractivity contribution is -0.120. The molecule has 0 fully saturated rings. The molecular weight excluding hydrogens is 242 g/mol. The number of rotatable bonds is 5. The molecule has 0 radical (unpaired) electrons. The Morgan fingerprint density at radius 3 is 2.47 bits per heavy atom. The van der Waals surface area contributed by atoms with Gasteiger partial charge in [-0.05, 0) is 18.6 Å². The van der Waals surface area contributed by atoms with Crippen LogP contribution >= 0.6 is 0 Å². The molecular formula is C14H21N3O2. The molecule has 1 aromatic rings. The summed E-state index contributed by atoms with van der Waals surface area (Å²) < 4.78 is 0. The van der Waals surface area contributed by atoms with Crippen LogP contribution in [0.1, 0.15) is 19.4 Å². The highest BCUT2D eigenvalue weighted by atomic mass is 16.2. The van der Waals surface area contributed by atoms with Crippen molar-refractivity contribution in [1.82, 2.24) is 5.32 Å². The minimum atomic E-state index is -0.284. The number of para-hydroxylation sites is 1. The van der Waals surface area contributed by atoms with Crippen molar-refractivity contribution in [1.29, 1.82) is 0 Å². The maximum atomic E-state index is 12.0. The van der Waals surface area contributed by atoms with Gasteiger partial charge in [-0.15, -0.1) is 0 Å². The quantitative estimate of drug-likeness (QED) is 0.738. The number of carbonyl (C=O) groups excluding carboxylic acids is 2. The first-order valence-corrected chi connectivity index (χ1v) is 6.30. The molecule has 0 spiro atoms. The first-order valence-electron chi connectivity index (χ1n) is 6.30. The Balaban J connectivity index is 2.83. The van der Waals surface area contributed by atoms with E-state index in [4.69, 9.17) is 5.73 Å². The van der Waals surface area contributed by atoms with Crippen molar-refractivity contribution in [2.24, 2.45) is 11.7 Å². The van der Waals surface area contributed by atoms with Crippen LogP contribution in [0.2, 0.25) is 0 Å². The third-order valence-corrected chi connectivity index (χ3v) is 3.11. The van der Waals surface area contributed by atoms with Crippen molar-refractivity contribution >= 4 is 17.5 Å². The van der Waals surface area contributed by atoms with Gasteiger partial charge in [-0.1, -0.05) is 25.1 Å². The molecule has 0 heterocycles. The van der Waals surface area contributed by atoms with Gasteiger partial charge in [-0.3, -0.25) is 9.59 Å². The number of nitrogens with two attached hydrogens (primary N) is 1. The molecule has 5 nitrogen and oxygen atoms in total. The summed E-state index contributed by atoms with van der Waals surface area (Å²) in [7, 11) is 1.59. The van der Waals surface area contributed by atoms with E-state index in [2.05, 4.69) is 10.6 Å². The molecule has 0 aliphatic heterocycles. The predicted octanol–water partition coefficient (Wildman–Crippen LogP) is 0.897. The van der Waals surface area contributed by atoms with E-state index < -0.39 is 0 Å². The van der Waals surface area contributed by atoms with Crippen molar-refractivity contribution in [3.05, 3.63) is 29.8 Å². The smallest absolute Gasteiger partial charge is 0.228 e. The summed E-state index contributed by atoms with van der Waals surface area (Å²) in [5, 5.41) is 5.39. The number of nitrogens with one attached hydrogen (secondary N) is 2. The number of benzene rings is 1. The summed E-state index contributed by atoms with van der Waals surface area (Å²) in [4.78, 5) is 23.4. The highest BCUT2D eigenvalue weighted by Crippen LogP contribution is 2.17. The second kappa shape index (κ2) is 6.89. The third-order valence-electron chi connectivity index (χ3n) is 3.11. The summed E-state index contributed by atoms with van der Waals surface area (Å²) >= 11 is 0. The molecule has 0 saturated carbocycles. The van der Waals surface area contributed by atoms with Gasteiger partial charge in [0.15, 0.2) is 0 Å². The molecule has 1 rings (SSSR count). The van der Waals surface area contributed by atoms with E-state index in [-0.39, 0.29) is 30.2 Å². The van der Waals surface area contributed by atoms with Crippen LogP contribution in [0.15, 0.2) is 24.3 Å². The molecule has 4 N–H and O–H groups in total. The second-order valence-corrected chi connectivity index (χ2v) is 4.64. The summed E-state index contributed by atoms with van der Waals surface area (Å²) in [6.45, 7) is 3.57. The zero-order chi connectivity index (χ0) is 14.4. The van der Waals surface area contributed by atoms with E-state index >= 15 is 0 Å². The van der Waals surface area contributed by atoms with Crippen molar-refractivity contribution in [3.8, 4) is 0 Å². The van der Waals surface area contributed by atoms with Crippen LogP contribution in [0.5, 0.6) is 0 Å². The first kappa shape index (κ1) is 15.2. The van der Waals surface area contributed by atoms with Crippen molar-refractivity contribution in [2.45, 2.75) is 26.3 Å². The van der Waals surface area contributed by atoms with Crippen LogP contribution < -0.4 is 16.4 Å². The number of amides is 2. The third kappa shape index (κ3) is 4.37. The van der Waals surface area contributed by atoms with Gasteiger partial charge in [-0.2, -0.15) is 0 Å². The van der Waals surface area contributed by atoms with Gasteiger partial charge in [0.05, 0.1) is 12.3 Å². The predicted molar refractivity (Wildman–Crippen MR) is 75.7 cm³/mol. The van der Waals surface area contributed by atoms with Crippen LogP contribution in [0.25, 0.3) is 0 Å². The SMILES string of the molecule is CNC(=O)Cc1ccccc1NC(=O)C(C)C(C)N. The molecule has 5 heteroatoms. The van der Waals surface area contributed by atoms with Crippen LogP contribution in [0.3, 0.4) is 0 Å². The highest BCUT2D eigenvalue weighted by molar-refractivity contribution is 5.94. The van der Waals surface area contributed by atoms with E-state index in [1.54, 1.807) is 27.0 Å². The van der Waals surface area contributed by atoms with E-state index in [1.807, 2.05) is 18.2 Å². The minimum Gasteiger partial charge on any atom is -0.359 e. The Hall–Kier alpha value is -1.88. The Labute approximate surface area is 113 Å². The molecule has 19 heavy (non-hydrogen) atoms. The summed E-state index contributed by atoms with van der Waals surface area (Å²) in [5.74, 6) is -0.519. The zero-order valence-corrected chi connectivity index (χ0v) is 11.6. The fourth-order valence-electron chi connectivity index (χ4n) is 1.54. The van der Waals surface area contributed by atoms with Crippen LogP contribution in [0, 0.1) is 5.92 Å². The Morgan fingerprint density at radius 2 is 1.89 bits per heavy atom. The molecule has 0 aliphatic carbocycles. The summed E-state index contributed by atoms with van der Waals surface area (Å²) in [6.07, 6.45) is 0.236. The van der Waals surface area contributed by atoms with Crippen molar-refractivity contribution < 1.29 is 9.59 Å². The molecule has 0 aromatic heterocycles. The number of carbonyl (C=O) groups is 2. The van der Waals surface area contributed by atoms with Gasteiger partial charge >= 0.3 is 0 Å². The largest absolute Gasteiger partial charge is 0.359 e.